The largest absolute Gasteiger partial charge is 0.399 e. The van der Waals surface area contributed by atoms with Crippen molar-refractivity contribution >= 4 is 33.2 Å². The van der Waals surface area contributed by atoms with Crippen LogP contribution < -0.4 is 10.6 Å². The highest BCUT2D eigenvalue weighted by Gasteiger charge is 2.23. The van der Waals surface area contributed by atoms with Crippen LogP contribution in [-0.4, -0.2) is 28.3 Å². The summed E-state index contributed by atoms with van der Waals surface area (Å²) in [6, 6.07) is 5.94. The molecule has 3 heterocycles. The number of rotatable bonds is 2. The van der Waals surface area contributed by atoms with Crippen LogP contribution >= 0.6 is 0 Å². The third kappa shape index (κ3) is 2.97. The number of nitrogen functional groups attached to an aromatic ring is 1. The normalized spacial score (nSPS) is 14.1. The Morgan fingerprint density at radius 2 is 2.03 bits per heavy atom. The molecule has 1 aliphatic rings. The van der Waals surface area contributed by atoms with Gasteiger partial charge in [0.2, 0.25) is 0 Å². The smallest absolute Gasteiger partial charge is 0.175 e. The lowest BCUT2D eigenvalue weighted by Gasteiger charge is -2.24. The SMILES string of the molecule is C#Cc1c(F)ccc2cc(N)cc(-c3ncc4c(N5CCC=C(F)C5)n[nH]c4c3F)c12. The van der Waals surface area contributed by atoms with Gasteiger partial charge in [-0.25, -0.2) is 13.2 Å². The molecule has 0 spiro atoms. The van der Waals surface area contributed by atoms with E-state index in [0.717, 1.165) is 0 Å². The van der Waals surface area contributed by atoms with Crippen molar-refractivity contribution < 1.29 is 13.2 Å². The number of halogens is 3. The molecule has 31 heavy (non-hydrogen) atoms. The Morgan fingerprint density at radius 3 is 2.81 bits per heavy atom. The number of nitrogens with zero attached hydrogens (tertiary/aromatic N) is 3. The van der Waals surface area contributed by atoms with Crippen LogP contribution in [0.1, 0.15) is 12.0 Å². The summed E-state index contributed by atoms with van der Waals surface area (Å²) in [5, 5.41) is 8.23. The van der Waals surface area contributed by atoms with E-state index in [2.05, 4.69) is 21.1 Å². The molecule has 0 fully saturated rings. The van der Waals surface area contributed by atoms with E-state index in [-0.39, 0.29) is 34.7 Å². The molecule has 1 aliphatic heterocycles. The van der Waals surface area contributed by atoms with Gasteiger partial charge in [-0.15, -0.1) is 6.42 Å². The van der Waals surface area contributed by atoms with Gasteiger partial charge in [0.1, 0.15) is 22.9 Å². The Labute approximate surface area is 175 Å². The summed E-state index contributed by atoms with van der Waals surface area (Å²) < 4.78 is 43.7. The van der Waals surface area contributed by atoms with Gasteiger partial charge in [-0.2, -0.15) is 5.10 Å². The first kappa shape index (κ1) is 19.0. The van der Waals surface area contributed by atoms with Crippen LogP contribution in [0.5, 0.6) is 0 Å². The number of H-pyrrole nitrogens is 1. The minimum atomic E-state index is -0.677. The zero-order valence-electron chi connectivity index (χ0n) is 16.2. The van der Waals surface area contributed by atoms with Gasteiger partial charge in [-0.3, -0.25) is 10.1 Å². The molecule has 8 heteroatoms. The number of aromatic amines is 1. The molecule has 154 valence electrons. The molecule has 3 N–H and O–H groups in total. The Balaban J connectivity index is 1.73. The van der Waals surface area contributed by atoms with Gasteiger partial charge < -0.3 is 10.6 Å². The number of benzene rings is 2. The van der Waals surface area contributed by atoms with Crippen LogP contribution in [0.25, 0.3) is 32.9 Å². The van der Waals surface area contributed by atoms with Crippen molar-refractivity contribution in [1.29, 1.82) is 0 Å². The van der Waals surface area contributed by atoms with E-state index in [0.29, 0.717) is 40.6 Å². The topological polar surface area (TPSA) is 70.8 Å². The summed E-state index contributed by atoms with van der Waals surface area (Å²) in [6.07, 6.45) is 9.06. The number of aromatic nitrogens is 3. The summed E-state index contributed by atoms with van der Waals surface area (Å²) in [5.41, 5.74) is 6.74. The maximum atomic E-state index is 15.6. The van der Waals surface area contributed by atoms with Crippen molar-refractivity contribution in [1.82, 2.24) is 15.2 Å². The summed E-state index contributed by atoms with van der Waals surface area (Å²) in [5.74, 6) is 1.23. The Kier molecular flexibility index (Phi) is 4.33. The van der Waals surface area contributed by atoms with Crippen molar-refractivity contribution in [2.75, 3.05) is 23.7 Å². The van der Waals surface area contributed by atoms with Crippen LogP contribution in [0.4, 0.5) is 24.7 Å². The highest BCUT2D eigenvalue weighted by Crippen LogP contribution is 2.37. The molecule has 0 unspecified atom stereocenters. The fourth-order valence-corrected chi connectivity index (χ4v) is 4.04. The van der Waals surface area contributed by atoms with E-state index in [1.807, 2.05) is 0 Å². The molecule has 0 saturated heterocycles. The third-order valence-corrected chi connectivity index (χ3v) is 5.43. The lowest BCUT2D eigenvalue weighted by atomic mass is 9.95. The number of nitrogens with one attached hydrogen (secondary N) is 1. The number of pyridine rings is 1. The summed E-state index contributed by atoms with van der Waals surface area (Å²) in [6.45, 7) is 0.620. The van der Waals surface area contributed by atoms with E-state index < -0.39 is 11.6 Å². The average molecular weight is 419 g/mol. The van der Waals surface area contributed by atoms with Crippen molar-refractivity contribution in [3.05, 3.63) is 59.6 Å². The van der Waals surface area contributed by atoms with E-state index in [4.69, 9.17) is 12.2 Å². The van der Waals surface area contributed by atoms with Gasteiger partial charge in [0, 0.05) is 29.4 Å². The second-order valence-electron chi connectivity index (χ2n) is 7.35. The van der Waals surface area contributed by atoms with Crippen molar-refractivity contribution in [3.8, 4) is 23.6 Å². The highest BCUT2D eigenvalue weighted by atomic mass is 19.1. The van der Waals surface area contributed by atoms with Crippen LogP contribution in [0.2, 0.25) is 0 Å². The second-order valence-corrected chi connectivity index (χ2v) is 7.35. The van der Waals surface area contributed by atoms with Crippen LogP contribution in [-0.2, 0) is 0 Å². The lowest BCUT2D eigenvalue weighted by Crippen LogP contribution is -2.29. The molecule has 0 aliphatic carbocycles. The third-order valence-electron chi connectivity index (χ3n) is 5.43. The first-order valence-corrected chi connectivity index (χ1v) is 9.58. The number of anilines is 2. The van der Waals surface area contributed by atoms with Crippen LogP contribution in [0.15, 0.2) is 42.4 Å². The predicted octanol–water partition coefficient (Wildman–Crippen LogP) is 4.68. The Morgan fingerprint density at radius 1 is 1.19 bits per heavy atom. The molecule has 5 nitrogen and oxygen atoms in total. The molecule has 0 saturated carbocycles. The summed E-state index contributed by atoms with van der Waals surface area (Å²) >= 11 is 0. The molecular weight excluding hydrogens is 403 g/mol. The van der Waals surface area contributed by atoms with Crippen LogP contribution in [0, 0.1) is 24.0 Å². The average Bonchev–Trinajstić information content (AvgIpc) is 3.19. The predicted molar refractivity (Wildman–Crippen MR) is 115 cm³/mol. The van der Waals surface area contributed by atoms with Gasteiger partial charge in [0.25, 0.3) is 0 Å². The summed E-state index contributed by atoms with van der Waals surface area (Å²) in [4.78, 5) is 6.02. The minimum Gasteiger partial charge on any atom is -0.399 e. The van der Waals surface area contributed by atoms with E-state index >= 15 is 4.39 Å². The number of hydrogen-bond donors (Lipinski definition) is 2. The number of fused-ring (bicyclic) bond motifs is 2. The number of nitrogens with two attached hydrogens (primary N) is 1. The van der Waals surface area contributed by atoms with Gasteiger partial charge >= 0.3 is 0 Å². The first-order chi connectivity index (χ1) is 15.0. The minimum absolute atomic E-state index is 0.00896. The van der Waals surface area contributed by atoms with Crippen molar-refractivity contribution in [2.45, 2.75) is 6.42 Å². The second kappa shape index (κ2) is 7.06. The van der Waals surface area contributed by atoms with E-state index in [1.54, 1.807) is 11.0 Å². The molecule has 5 rings (SSSR count). The summed E-state index contributed by atoms with van der Waals surface area (Å²) in [7, 11) is 0. The zero-order chi connectivity index (χ0) is 21.7. The fourth-order valence-electron chi connectivity index (χ4n) is 4.04. The standard InChI is InChI=1S/C23H16F3N5/c1-2-15-18(25)6-5-12-8-14(27)9-16(19(12)15)21-20(26)22-17(10-28-21)23(30-29-22)31-7-3-4-13(24)11-31/h1,4-6,8-10H,3,7,11,27H2,(H,29,30). The maximum Gasteiger partial charge on any atom is 0.175 e. The first-order valence-electron chi connectivity index (χ1n) is 9.58. The van der Waals surface area contributed by atoms with Gasteiger partial charge in [-0.1, -0.05) is 12.0 Å². The van der Waals surface area contributed by atoms with E-state index in [9.17, 15) is 8.78 Å². The van der Waals surface area contributed by atoms with Crippen molar-refractivity contribution in [2.24, 2.45) is 0 Å². The molecule has 0 atom stereocenters. The highest BCUT2D eigenvalue weighted by molar-refractivity contribution is 6.03. The number of terminal acetylenes is 1. The Hall–Kier alpha value is -3.99. The fraction of sp³-hybridized carbons (Fsp3) is 0.130. The molecule has 2 aromatic heterocycles. The van der Waals surface area contributed by atoms with Gasteiger partial charge in [0.05, 0.1) is 17.5 Å². The van der Waals surface area contributed by atoms with Crippen molar-refractivity contribution in [3.63, 3.8) is 0 Å². The molecule has 2 aromatic carbocycles. The molecule has 0 amide bonds. The Bertz CT molecular complexity index is 1430. The molecule has 0 bridgehead atoms. The monoisotopic (exact) mass is 419 g/mol. The number of hydrogen-bond acceptors (Lipinski definition) is 4. The zero-order valence-corrected chi connectivity index (χ0v) is 16.2. The molecular formula is C23H16F3N5. The lowest BCUT2D eigenvalue weighted by molar-refractivity contribution is 0.573. The molecule has 0 radical (unpaired) electrons. The van der Waals surface area contributed by atoms with E-state index in [1.165, 1.54) is 30.5 Å². The maximum absolute atomic E-state index is 15.6. The quantitative estimate of drug-likeness (QED) is 0.366. The van der Waals surface area contributed by atoms with Gasteiger partial charge in [-0.05, 0) is 36.1 Å². The molecule has 4 aromatic rings. The van der Waals surface area contributed by atoms with Gasteiger partial charge in [0.15, 0.2) is 11.6 Å². The van der Waals surface area contributed by atoms with Crippen LogP contribution in [0.3, 0.4) is 0 Å².